The van der Waals surface area contributed by atoms with Crippen molar-refractivity contribution in [2.45, 2.75) is 80.6 Å². The molecule has 2 saturated heterocycles. The summed E-state index contributed by atoms with van der Waals surface area (Å²) < 4.78 is 0. The highest BCUT2D eigenvalue weighted by atomic mass is 15.1. The average Bonchev–Trinajstić information content (AvgIpc) is 2.55. The predicted molar refractivity (Wildman–Crippen MR) is 96.7 cm³/mol. The zero-order chi connectivity index (χ0) is 16.2. The molecule has 0 aliphatic carbocycles. The third kappa shape index (κ3) is 20.2. The van der Waals surface area contributed by atoms with Crippen molar-refractivity contribution in [3.05, 3.63) is 0 Å². The second-order valence-electron chi connectivity index (χ2n) is 4.80. The molecule has 0 amide bonds. The van der Waals surface area contributed by atoms with Gasteiger partial charge in [0.15, 0.2) is 0 Å². The van der Waals surface area contributed by atoms with E-state index >= 15 is 0 Å². The fourth-order valence-electron chi connectivity index (χ4n) is 2.02. The van der Waals surface area contributed by atoms with E-state index in [2.05, 4.69) is 24.2 Å². The van der Waals surface area contributed by atoms with Crippen LogP contribution in [0.3, 0.4) is 0 Å². The predicted octanol–water partition coefficient (Wildman–Crippen LogP) is 5.19. The summed E-state index contributed by atoms with van der Waals surface area (Å²) in [5.41, 5.74) is 0. The van der Waals surface area contributed by atoms with Crippen molar-refractivity contribution in [3.8, 4) is 0 Å². The Kier molecular flexibility index (Phi) is 29.9. The molecule has 2 heterocycles. The molecule has 0 aromatic heterocycles. The lowest BCUT2D eigenvalue weighted by Gasteiger charge is -2.20. The molecule has 0 aromatic carbocycles. The molecule has 0 saturated carbocycles. The number of piperidine rings is 2. The van der Waals surface area contributed by atoms with Crippen LogP contribution in [0.1, 0.15) is 80.6 Å². The van der Waals surface area contributed by atoms with Gasteiger partial charge in [-0.25, -0.2) is 0 Å². The quantitative estimate of drug-likeness (QED) is 0.660. The van der Waals surface area contributed by atoms with Crippen molar-refractivity contribution in [3.63, 3.8) is 0 Å². The zero-order valence-electron chi connectivity index (χ0n) is 15.9. The van der Waals surface area contributed by atoms with Gasteiger partial charge in [0.25, 0.3) is 0 Å². The first-order valence-corrected chi connectivity index (χ1v) is 9.18. The van der Waals surface area contributed by atoms with E-state index in [1.807, 2.05) is 41.5 Å². The molecule has 2 aliphatic rings. The topological polar surface area (TPSA) is 15.3 Å². The molecule has 2 nitrogen and oxygen atoms in total. The second kappa shape index (κ2) is 24.0. The Balaban J connectivity index is -0.000000211. The highest BCUT2D eigenvalue weighted by Crippen LogP contribution is 2.08. The maximum absolute atomic E-state index is 3.32. The molecule has 0 radical (unpaired) electrons. The van der Waals surface area contributed by atoms with Crippen LogP contribution in [-0.4, -0.2) is 38.1 Å². The van der Waals surface area contributed by atoms with Crippen molar-refractivity contribution >= 4 is 0 Å². The fourth-order valence-corrected chi connectivity index (χ4v) is 2.02. The third-order valence-electron chi connectivity index (χ3n) is 3.21. The Labute approximate surface area is 130 Å². The number of likely N-dealkylation sites (tertiary alicyclic amines) is 1. The van der Waals surface area contributed by atoms with Crippen LogP contribution < -0.4 is 5.32 Å². The van der Waals surface area contributed by atoms with Gasteiger partial charge in [-0.1, -0.05) is 54.9 Å². The van der Waals surface area contributed by atoms with Crippen LogP contribution in [0.4, 0.5) is 0 Å². The van der Waals surface area contributed by atoms with Gasteiger partial charge in [0, 0.05) is 0 Å². The summed E-state index contributed by atoms with van der Waals surface area (Å²) in [6.07, 6.45) is 7.03. The number of hydrogen-bond acceptors (Lipinski definition) is 2. The Morgan fingerprint density at radius 2 is 1.15 bits per heavy atom. The molecule has 2 fully saturated rings. The van der Waals surface area contributed by atoms with Crippen molar-refractivity contribution in [1.82, 2.24) is 10.2 Å². The summed E-state index contributed by atoms with van der Waals surface area (Å²) in [7, 11) is 2.19. The SMILES string of the molecule is CC.CC.CC.CC1CCNCC1.CN1CCCCC1. The van der Waals surface area contributed by atoms with Gasteiger partial charge in [0.05, 0.1) is 0 Å². The average molecular weight is 289 g/mol. The molecule has 1 N–H and O–H groups in total. The number of nitrogens with one attached hydrogen (secondary N) is 1. The standard InChI is InChI=1S/2C6H13N.3C2H6/c1-6-2-4-7-5-3-6;1-7-5-3-2-4-6-7;3*1-2/h6-7H,2-5H2,1H3;2-6H2,1H3;3*1-2H3. The molecule has 0 aromatic rings. The maximum Gasteiger partial charge on any atom is -0.00218 e. The van der Waals surface area contributed by atoms with E-state index in [4.69, 9.17) is 0 Å². The lowest BCUT2D eigenvalue weighted by Crippen LogP contribution is -2.26. The summed E-state index contributed by atoms with van der Waals surface area (Å²) in [6, 6.07) is 0. The van der Waals surface area contributed by atoms with Gasteiger partial charge < -0.3 is 10.2 Å². The van der Waals surface area contributed by atoms with Crippen LogP contribution in [0.25, 0.3) is 0 Å². The summed E-state index contributed by atoms with van der Waals surface area (Å²) in [6.45, 7) is 19.4. The molecule has 2 aliphatic heterocycles. The maximum atomic E-state index is 3.32. The first kappa shape index (κ1) is 24.9. The highest BCUT2D eigenvalue weighted by Gasteiger charge is 2.05. The summed E-state index contributed by atoms with van der Waals surface area (Å²) in [5, 5.41) is 3.32. The van der Waals surface area contributed by atoms with Crippen LogP contribution in [0.5, 0.6) is 0 Å². The Hall–Kier alpha value is -0.0800. The van der Waals surface area contributed by atoms with Crippen LogP contribution in [-0.2, 0) is 0 Å². The normalized spacial score (nSPS) is 18.6. The highest BCUT2D eigenvalue weighted by molar-refractivity contribution is 4.63. The van der Waals surface area contributed by atoms with Crippen molar-refractivity contribution < 1.29 is 0 Å². The number of rotatable bonds is 0. The van der Waals surface area contributed by atoms with Gasteiger partial charge >= 0.3 is 0 Å². The van der Waals surface area contributed by atoms with Crippen molar-refractivity contribution in [1.29, 1.82) is 0 Å². The minimum Gasteiger partial charge on any atom is -0.317 e. The molecule has 0 atom stereocenters. The van der Waals surface area contributed by atoms with E-state index in [1.165, 1.54) is 58.3 Å². The molecule has 0 unspecified atom stereocenters. The molecular weight excluding hydrogens is 244 g/mol. The minimum atomic E-state index is 0.973. The van der Waals surface area contributed by atoms with Gasteiger partial charge in [-0.15, -0.1) is 0 Å². The fraction of sp³-hybridized carbons (Fsp3) is 1.00. The summed E-state index contributed by atoms with van der Waals surface area (Å²) >= 11 is 0. The van der Waals surface area contributed by atoms with Gasteiger partial charge in [-0.2, -0.15) is 0 Å². The first-order chi connectivity index (χ1) is 9.79. The van der Waals surface area contributed by atoms with Gasteiger partial charge in [0.2, 0.25) is 0 Å². The first-order valence-electron chi connectivity index (χ1n) is 9.18. The van der Waals surface area contributed by atoms with E-state index < -0.39 is 0 Å². The zero-order valence-corrected chi connectivity index (χ0v) is 15.9. The molecular formula is C18H44N2. The van der Waals surface area contributed by atoms with Crippen molar-refractivity contribution in [2.24, 2.45) is 5.92 Å². The molecule has 2 heteroatoms. The van der Waals surface area contributed by atoms with E-state index in [9.17, 15) is 0 Å². The molecule has 0 spiro atoms. The van der Waals surface area contributed by atoms with E-state index in [0.29, 0.717) is 0 Å². The van der Waals surface area contributed by atoms with Crippen LogP contribution in [0, 0.1) is 5.92 Å². The monoisotopic (exact) mass is 288 g/mol. The van der Waals surface area contributed by atoms with Crippen LogP contribution in [0.2, 0.25) is 0 Å². The third-order valence-corrected chi connectivity index (χ3v) is 3.21. The smallest absolute Gasteiger partial charge is 0.00218 e. The molecule has 0 bridgehead atoms. The van der Waals surface area contributed by atoms with E-state index in [0.717, 1.165) is 5.92 Å². The number of hydrogen-bond donors (Lipinski definition) is 1. The minimum absolute atomic E-state index is 0.973. The van der Waals surface area contributed by atoms with Crippen LogP contribution in [0.15, 0.2) is 0 Å². The Morgan fingerprint density at radius 1 is 0.750 bits per heavy atom. The van der Waals surface area contributed by atoms with Gasteiger partial charge in [0.1, 0.15) is 0 Å². The Morgan fingerprint density at radius 3 is 1.35 bits per heavy atom. The molecule has 126 valence electrons. The van der Waals surface area contributed by atoms with Crippen LogP contribution >= 0.6 is 0 Å². The lowest BCUT2D eigenvalue weighted by molar-refractivity contribution is 0.277. The van der Waals surface area contributed by atoms with Gasteiger partial charge in [-0.3, -0.25) is 0 Å². The largest absolute Gasteiger partial charge is 0.317 e. The summed E-state index contributed by atoms with van der Waals surface area (Å²) in [5.74, 6) is 0.973. The second-order valence-corrected chi connectivity index (χ2v) is 4.80. The van der Waals surface area contributed by atoms with E-state index in [-0.39, 0.29) is 0 Å². The van der Waals surface area contributed by atoms with Crippen molar-refractivity contribution in [2.75, 3.05) is 33.2 Å². The molecule has 2 rings (SSSR count). The molecule has 20 heavy (non-hydrogen) atoms. The number of nitrogens with zero attached hydrogens (tertiary/aromatic N) is 1. The van der Waals surface area contributed by atoms with E-state index in [1.54, 1.807) is 0 Å². The lowest BCUT2D eigenvalue weighted by atomic mass is 10.0. The van der Waals surface area contributed by atoms with Gasteiger partial charge in [-0.05, 0) is 64.8 Å². The summed E-state index contributed by atoms with van der Waals surface area (Å²) in [4.78, 5) is 2.39. The Bertz CT molecular complexity index is 109.